The zero-order valence-corrected chi connectivity index (χ0v) is 14.3. The van der Waals surface area contributed by atoms with Crippen LogP contribution in [0.15, 0.2) is 0 Å². The van der Waals surface area contributed by atoms with E-state index in [1.54, 1.807) is 0 Å². The quantitative estimate of drug-likeness (QED) is 0.828. The maximum absolute atomic E-state index is 12.3. The van der Waals surface area contributed by atoms with Gasteiger partial charge in [-0.15, -0.1) is 0 Å². The van der Waals surface area contributed by atoms with E-state index in [2.05, 4.69) is 9.80 Å². The van der Waals surface area contributed by atoms with E-state index in [1.165, 1.54) is 38.8 Å². The molecule has 22 heavy (non-hydrogen) atoms. The van der Waals surface area contributed by atoms with E-state index >= 15 is 0 Å². The van der Waals surface area contributed by atoms with Crippen LogP contribution in [0, 0.1) is 0 Å². The minimum atomic E-state index is -0.418. The number of β-amino-alcohol motifs (C(OH)–C–C–N with tert-alkyl or cyclic N) is 1. The van der Waals surface area contributed by atoms with Crippen molar-refractivity contribution in [2.24, 2.45) is 0 Å². The molecule has 2 aliphatic rings. The van der Waals surface area contributed by atoms with Crippen LogP contribution in [0.5, 0.6) is 0 Å². The van der Waals surface area contributed by atoms with Crippen molar-refractivity contribution in [1.29, 1.82) is 0 Å². The van der Waals surface area contributed by atoms with Crippen molar-refractivity contribution in [1.82, 2.24) is 14.7 Å². The molecule has 0 aliphatic carbocycles. The molecule has 0 bridgehead atoms. The summed E-state index contributed by atoms with van der Waals surface area (Å²) >= 11 is 0. The average Bonchev–Trinajstić information content (AvgIpc) is 2.75. The molecule has 2 aliphatic heterocycles. The average molecular weight is 311 g/mol. The van der Waals surface area contributed by atoms with E-state index in [4.69, 9.17) is 0 Å². The van der Waals surface area contributed by atoms with Gasteiger partial charge in [-0.2, -0.15) is 0 Å². The largest absolute Gasteiger partial charge is 0.390 e. The number of rotatable bonds is 5. The summed E-state index contributed by atoms with van der Waals surface area (Å²) in [5, 5.41) is 10.2. The van der Waals surface area contributed by atoms with Gasteiger partial charge < -0.3 is 19.8 Å². The molecule has 2 saturated heterocycles. The highest BCUT2D eigenvalue weighted by atomic mass is 16.3. The lowest BCUT2D eigenvalue weighted by molar-refractivity contribution is -0.136. The van der Waals surface area contributed by atoms with E-state index in [-0.39, 0.29) is 11.9 Å². The van der Waals surface area contributed by atoms with Crippen molar-refractivity contribution in [3.8, 4) is 0 Å². The molecular weight excluding hydrogens is 278 g/mol. The van der Waals surface area contributed by atoms with Crippen LogP contribution < -0.4 is 0 Å². The van der Waals surface area contributed by atoms with E-state index in [0.29, 0.717) is 13.0 Å². The van der Waals surface area contributed by atoms with Crippen molar-refractivity contribution in [2.45, 2.75) is 57.1 Å². The van der Waals surface area contributed by atoms with Crippen LogP contribution >= 0.6 is 0 Å². The number of aliphatic hydroxyl groups is 1. The zero-order valence-electron chi connectivity index (χ0n) is 14.3. The molecule has 0 saturated carbocycles. The highest BCUT2D eigenvalue weighted by Crippen LogP contribution is 2.16. The summed E-state index contributed by atoms with van der Waals surface area (Å²) in [6.07, 6.45) is 7.33. The van der Waals surface area contributed by atoms with Gasteiger partial charge in [-0.3, -0.25) is 4.79 Å². The first-order chi connectivity index (χ1) is 10.6. The number of aliphatic hydroxyl groups excluding tert-OH is 1. The third kappa shape index (κ3) is 5.21. The Morgan fingerprint density at radius 2 is 1.82 bits per heavy atom. The number of nitrogens with zero attached hydrogens (tertiary/aromatic N) is 3. The second-order valence-corrected chi connectivity index (χ2v) is 7.09. The molecule has 2 heterocycles. The third-order valence-corrected chi connectivity index (χ3v) is 5.13. The molecule has 1 N–H and O–H groups in total. The van der Waals surface area contributed by atoms with Crippen molar-refractivity contribution in [2.75, 3.05) is 46.8 Å². The highest BCUT2D eigenvalue weighted by Gasteiger charge is 2.30. The Morgan fingerprint density at radius 3 is 2.41 bits per heavy atom. The zero-order chi connectivity index (χ0) is 15.9. The van der Waals surface area contributed by atoms with Gasteiger partial charge >= 0.3 is 0 Å². The van der Waals surface area contributed by atoms with Crippen LogP contribution in [-0.4, -0.2) is 84.7 Å². The normalized spacial score (nSPS) is 27.9. The lowest BCUT2D eigenvalue weighted by atomic mass is 10.0. The second kappa shape index (κ2) is 8.85. The molecular formula is C17H33N3O2. The molecule has 0 aromatic rings. The molecule has 5 nitrogen and oxygen atoms in total. The van der Waals surface area contributed by atoms with Crippen LogP contribution in [0.2, 0.25) is 0 Å². The maximum atomic E-state index is 12.3. The minimum absolute atomic E-state index is 0.182. The Kier molecular flexibility index (Phi) is 7.12. The number of amides is 1. The lowest BCUT2D eigenvalue weighted by Gasteiger charge is -2.39. The van der Waals surface area contributed by atoms with E-state index in [9.17, 15) is 9.90 Å². The Morgan fingerprint density at radius 1 is 1.14 bits per heavy atom. The van der Waals surface area contributed by atoms with Gasteiger partial charge in [0.15, 0.2) is 0 Å². The summed E-state index contributed by atoms with van der Waals surface area (Å²) < 4.78 is 0. The van der Waals surface area contributed by atoms with Crippen LogP contribution in [0.4, 0.5) is 0 Å². The number of carbonyl (C=O) groups excluding carboxylic acids is 1. The number of likely N-dealkylation sites (tertiary alicyclic amines) is 2. The topological polar surface area (TPSA) is 47.0 Å². The summed E-state index contributed by atoms with van der Waals surface area (Å²) in [4.78, 5) is 18.7. The molecule has 2 rings (SSSR count). The summed E-state index contributed by atoms with van der Waals surface area (Å²) in [6, 6.07) is 0.182. The molecule has 0 spiro atoms. The number of hydrogen-bond donors (Lipinski definition) is 1. The SMILES string of the molecule is CN(C)[C@H]1CCN(C(=O)CCCN2CCCCCC2)C[C@@H]1O. The fourth-order valence-electron chi connectivity index (χ4n) is 3.72. The van der Waals surface area contributed by atoms with Crippen molar-refractivity contribution in [3.05, 3.63) is 0 Å². The van der Waals surface area contributed by atoms with Gasteiger partial charge in [0.2, 0.25) is 5.91 Å². The van der Waals surface area contributed by atoms with Gasteiger partial charge in [0.1, 0.15) is 0 Å². The molecule has 0 aromatic heterocycles. The van der Waals surface area contributed by atoms with E-state index < -0.39 is 6.10 Å². The molecule has 2 atom stereocenters. The standard InChI is InChI=1S/C17H33N3O2/c1-18(2)15-9-13-20(14-16(15)21)17(22)8-7-12-19-10-5-3-4-6-11-19/h15-16,21H,3-14H2,1-2H3/t15-,16-/m0/s1. The first kappa shape index (κ1) is 17.7. The summed E-state index contributed by atoms with van der Waals surface area (Å²) in [5.74, 6) is 0.214. The smallest absolute Gasteiger partial charge is 0.222 e. The first-order valence-electron chi connectivity index (χ1n) is 8.92. The Balaban J connectivity index is 1.67. The third-order valence-electron chi connectivity index (χ3n) is 5.13. The number of likely N-dealkylation sites (N-methyl/N-ethyl adjacent to an activating group) is 1. The van der Waals surface area contributed by atoms with Gasteiger partial charge in [0.25, 0.3) is 0 Å². The first-order valence-corrected chi connectivity index (χ1v) is 8.92. The monoisotopic (exact) mass is 311 g/mol. The van der Waals surface area contributed by atoms with Crippen molar-refractivity contribution < 1.29 is 9.90 Å². The van der Waals surface area contributed by atoms with Crippen LogP contribution in [0.3, 0.4) is 0 Å². The van der Waals surface area contributed by atoms with Crippen LogP contribution in [-0.2, 0) is 4.79 Å². The Hall–Kier alpha value is -0.650. The van der Waals surface area contributed by atoms with Gasteiger partial charge in [0, 0.05) is 25.6 Å². The predicted molar refractivity (Wildman–Crippen MR) is 88.8 cm³/mol. The van der Waals surface area contributed by atoms with Crippen molar-refractivity contribution in [3.63, 3.8) is 0 Å². The molecule has 0 radical (unpaired) electrons. The highest BCUT2D eigenvalue weighted by molar-refractivity contribution is 5.76. The molecule has 0 unspecified atom stereocenters. The van der Waals surface area contributed by atoms with Crippen LogP contribution in [0.1, 0.15) is 44.9 Å². The molecule has 128 valence electrons. The summed E-state index contributed by atoms with van der Waals surface area (Å²) in [7, 11) is 3.99. The number of piperidine rings is 1. The lowest BCUT2D eigenvalue weighted by Crippen LogP contribution is -2.53. The molecule has 0 aromatic carbocycles. The van der Waals surface area contributed by atoms with Gasteiger partial charge in [-0.1, -0.05) is 12.8 Å². The fourth-order valence-corrected chi connectivity index (χ4v) is 3.72. The number of carbonyl (C=O) groups is 1. The van der Waals surface area contributed by atoms with E-state index in [1.807, 2.05) is 19.0 Å². The molecule has 2 fully saturated rings. The summed E-state index contributed by atoms with van der Waals surface area (Å²) in [6.45, 7) is 4.71. The van der Waals surface area contributed by atoms with Crippen LogP contribution in [0.25, 0.3) is 0 Å². The molecule has 5 heteroatoms. The van der Waals surface area contributed by atoms with Gasteiger partial charge in [-0.05, 0) is 59.4 Å². The van der Waals surface area contributed by atoms with Gasteiger partial charge in [0.05, 0.1) is 6.10 Å². The summed E-state index contributed by atoms with van der Waals surface area (Å²) in [5.41, 5.74) is 0. The number of hydrogen-bond acceptors (Lipinski definition) is 4. The van der Waals surface area contributed by atoms with Crippen molar-refractivity contribution >= 4 is 5.91 Å². The van der Waals surface area contributed by atoms with E-state index in [0.717, 1.165) is 25.9 Å². The Labute approximate surface area is 135 Å². The Bertz CT molecular complexity index is 341. The maximum Gasteiger partial charge on any atom is 0.222 e. The molecule has 1 amide bonds. The minimum Gasteiger partial charge on any atom is -0.390 e. The van der Waals surface area contributed by atoms with Gasteiger partial charge in [-0.25, -0.2) is 0 Å². The second-order valence-electron chi connectivity index (χ2n) is 7.09. The predicted octanol–water partition coefficient (Wildman–Crippen LogP) is 1.17. The fraction of sp³-hybridized carbons (Fsp3) is 0.941.